The number of aromatic nitrogens is 1. The fraction of sp³-hybridized carbons (Fsp3) is 0. The largest absolute Gasteiger partial charge is 0.307 e. The molecule has 0 aliphatic heterocycles. The summed E-state index contributed by atoms with van der Waals surface area (Å²) in [4.78, 5) is 0. The Morgan fingerprint density at radius 3 is 1.41 bits per heavy atom. The minimum absolute atomic E-state index is 0.522. The Labute approximate surface area is 294 Å². The van der Waals surface area contributed by atoms with Gasteiger partial charge in [-0.15, -0.1) is 0 Å². The molecule has 234 valence electrons. The lowest BCUT2D eigenvalue weighted by atomic mass is 9.85. The Balaban J connectivity index is 1.33. The molecule has 0 unspecified atom stereocenters. The Morgan fingerprint density at radius 1 is 0.373 bits per heavy atom. The topological polar surface area (TPSA) is 76.3 Å². The van der Waals surface area contributed by atoms with Gasteiger partial charge >= 0.3 is 0 Å². The molecule has 0 N–H and O–H groups in total. The predicted octanol–water partition coefficient (Wildman–Crippen LogP) is 11.7. The third-order valence-electron chi connectivity index (χ3n) is 9.86. The molecule has 8 aromatic carbocycles. The molecule has 1 heterocycles. The molecule has 0 radical (unpaired) electrons. The Kier molecular flexibility index (Phi) is 6.93. The van der Waals surface area contributed by atoms with Crippen LogP contribution in [-0.2, 0) is 0 Å². The molecule has 0 atom stereocenters. The van der Waals surface area contributed by atoms with Crippen LogP contribution in [0.15, 0.2) is 158 Å². The summed E-state index contributed by atoms with van der Waals surface area (Å²) in [6.07, 6.45) is 0. The van der Waals surface area contributed by atoms with E-state index in [0.29, 0.717) is 16.7 Å². The summed E-state index contributed by atoms with van der Waals surface area (Å²) in [5.74, 6) is 0. The Hall–Kier alpha value is -7.45. The highest BCUT2D eigenvalue weighted by Crippen LogP contribution is 2.45. The summed E-state index contributed by atoms with van der Waals surface area (Å²) in [7, 11) is 0. The minimum atomic E-state index is 0.522. The van der Waals surface area contributed by atoms with E-state index in [-0.39, 0.29) is 0 Å². The molecule has 0 saturated heterocycles. The van der Waals surface area contributed by atoms with Crippen LogP contribution in [0.4, 0.5) is 0 Å². The molecule has 4 nitrogen and oxygen atoms in total. The van der Waals surface area contributed by atoms with Crippen molar-refractivity contribution in [3.63, 3.8) is 0 Å². The molecule has 4 heteroatoms. The van der Waals surface area contributed by atoms with Crippen molar-refractivity contribution < 1.29 is 0 Å². The lowest BCUT2D eigenvalue weighted by Gasteiger charge is -2.19. The van der Waals surface area contributed by atoms with E-state index in [1.165, 1.54) is 32.7 Å². The number of nitriles is 3. The zero-order chi connectivity index (χ0) is 34.5. The van der Waals surface area contributed by atoms with Crippen LogP contribution in [0.3, 0.4) is 0 Å². The van der Waals surface area contributed by atoms with Crippen molar-refractivity contribution in [2.45, 2.75) is 0 Å². The van der Waals surface area contributed by atoms with Gasteiger partial charge in [-0.2, -0.15) is 15.8 Å². The standard InChI is InChI=1S/C47H26N4/c48-27-30-20-22-43-41(24-30)42-25-31(28-49)21-23-44(42)51(43)47-35(29-50)14-9-19-36(47)33-12-8-13-34(26-33)46-39-17-6-4-15-37(39)45(32-10-2-1-3-11-32)38-16-5-7-18-40(38)46/h1-26H. The van der Waals surface area contributed by atoms with Gasteiger partial charge in [-0.3, -0.25) is 0 Å². The van der Waals surface area contributed by atoms with E-state index < -0.39 is 0 Å². The molecule has 0 spiro atoms. The van der Waals surface area contributed by atoms with E-state index in [4.69, 9.17) is 0 Å². The molecule has 0 aliphatic rings. The van der Waals surface area contributed by atoms with E-state index in [1.54, 1.807) is 12.1 Å². The number of para-hydroxylation sites is 1. The maximum absolute atomic E-state index is 10.5. The molecule has 0 fully saturated rings. The van der Waals surface area contributed by atoms with Crippen LogP contribution in [0.1, 0.15) is 16.7 Å². The third-order valence-corrected chi connectivity index (χ3v) is 9.86. The van der Waals surface area contributed by atoms with Crippen LogP contribution >= 0.6 is 0 Å². The molecule has 1 aromatic heterocycles. The van der Waals surface area contributed by atoms with Gasteiger partial charge in [0.25, 0.3) is 0 Å². The quantitative estimate of drug-likeness (QED) is 0.179. The first-order valence-corrected chi connectivity index (χ1v) is 16.7. The van der Waals surface area contributed by atoms with Gasteiger partial charge in [0.2, 0.25) is 0 Å². The van der Waals surface area contributed by atoms with Gasteiger partial charge in [0.1, 0.15) is 6.07 Å². The fourth-order valence-corrected chi connectivity index (χ4v) is 7.71. The van der Waals surface area contributed by atoms with E-state index >= 15 is 0 Å². The number of rotatable bonds is 4. The second kappa shape index (κ2) is 11.9. The monoisotopic (exact) mass is 646 g/mol. The maximum atomic E-state index is 10.5. The van der Waals surface area contributed by atoms with E-state index in [9.17, 15) is 15.8 Å². The number of hydrogen-bond acceptors (Lipinski definition) is 3. The van der Waals surface area contributed by atoms with Crippen molar-refractivity contribution in [3.05, 3.63) is 174 Å². The second-order valence-electron chi connectivity index (χ2n) is 12.6. The van der Waals surface area contributed by atoms with Crippen LogP contribution in [-0.4, -0.2) is 4.57 Å². The lowest BCUT2D eigenvalue weighted by molar-refractivity contribution is 1.17. The average Bonchev–Trinajstić information content (AvgIpc) is 3.52. The highest BCUT2D eigenvalue weighted by atomic mass is 15.0. The highest BCUT2D eigenvalue weighted by molar-refractivity contribution is 6.21. The SMILES string of the molecule is N#Cc1ccc2c(c1)c1cc(C#N)ccc1n2-c1c(C#N)cccc1-c1cccc(-c2c3ccccc3c(-c3ccccc3)c3ccccc23)c1. The normalized spacial score (nSPS) is 11.1. The number of fused-ring (bicyclic) bond motifs is 5. The van der Waals surface area contributed by atoms with E-state index in [1.807, 2.05) is 36.4 Å². The van der Waals surface area contributed by atoms with Crippen molar-refractivity contribution in [2.75, 3.05) is 0 Å². The van der Waals surface area contributed by atoms with Crippen LogP contribution in [0.5, 0.6) is 0 Å². The van der Waals surface area contributed by atoms with Gasteiger partial charge in [0.15, 0.2) is 0 Å². The summed E-state index contributed by atoms with van der Waals surface area (Å²) >= 11 is 0. The van der Waals surface area contributed by atoms with Crippen LogP contribution < -0.4 is 0 Å². The third kappa shape index (κ3) is 4.66. The molecule has 0 amide bonds. The summed E-state index contributed by atoms with van der Waals surface area (Å²) in [6, 6.07) is 60.4. The first kappa shape index (κ1) is 29.7. The first-order valence-electron chi connectivity index (χ1n) is 16.7. The summed E-state index contributed by atoms with van der Waals surface area (Å²) in [6.45, 7) is 0. The summed E-state index contributed by atoms with van der Waals surface area (Å²) < 4.78 is 2.10. The fourth-order valence-electron chi connectivity index (χ4n) is 7.71. The molecular formula is C47H26N4. The Morgan fingerprint density at radius 2 is 0.863 bits per heavy atom. The van der Waals surface area contributed by atoms with Gasteiger partial charge in [0, 0.05) is 16.3 Å². The lowest BCUT2D eigenvalue weighted by Crippen LogP contribution is -2.01. The van der Waals surface area contributed by atoms with Gasteiger partial charge in [-0.25, -0.2) is 0 Å². The van der Waals surface area contributed by atoms with Crippen molar-refractivity contribution in [2.24, 2.45) is 0 Å². The van der Waals surface area contributed by atoms with Gasteiger partial charge in [0.05, 0.1) is 45.5 Å². The van der Waals surface area contributed by atoms with Crippen LogP contribution in [0.25, 0.3) is 82.4 Å². The molecule has 0 bridgehead atoms. The van der Waals surface area contributed by atoms with Crippen molar-refractivity contribution >= 4 is 43.4 Å². The maximum Gasteiger partial charge on any atom is 0.101 e. The molecule has 51 heavy (non-hydrogen) atoms. The van der Waals surface area contributed by atoms with Crippen LogP contribution in [0.2, 0.25) is 0 Å². The average molecular weight is 647 g/mol. The van der Waals surface area contributed by atoms with E-state index in [2.05, 4.69) is 132 Å². The van der Waals surface area contributed by atoms with Gasteiger partial charge in [-0.05, 0) is 97.9 Å². The Bertz CT molecular complexity index is 2870. The molecule has 0 aliphatic carbocycles. The minimum Gasteiger partial charge on any atom is -0.307 e. The van der Waals surface area contributed by atoms with Gasteiger partial charge < -0.3 is 4.57 Å². The van der Waals surface area contributed by atoms with Crippen molar-refractivity contribution in [1.82, 2.24) is 4.57 Å². The molecular weight excluding hydrogens is 621 g/mol. The first-order chi connectivity index (χ1) is 25.2. The van der Waals surface area contributed by atoms with E-state index in [0.717, 1.165) is 49.7 Å². The highest BCUT2D eigenvalue weighted by Gasteiger charge is 2.21. The smallest absolute Gasteiger partial charge is 0.101 e. The number of benzene rings is 8. The van der Waals surface area contributed by atoms with Crippen LogP contribution in [0, 0.1) is 34.0 Å². The van der Waals surface area contributed by atoms with Gasteiger partial charge in [-0.1, -0.05) is 109 Å². The number of hydrogen-bond donors (Lipinski definition) is 0. The van der Waals surface area contributed by atoms with Crippen molar-refractivity contribution in [1.29, 1.82) is 15.8 Å². The zero-order valence-corrected chi connectivity index (χ0v) is 27.3. The molecule has 9 rings (SSSR count). The second-order valence-corrected chi connectivity index (χ2v) is 12.6. The predicted molar refractivity (Wildman–Crippen MR) is 206 cm³/mol. The van der Waals surface area contributed by atoms with Crippen molar-refractivity contribution in [3.8, 4) is 57.3 Å². The molecule has 9 aromatic rings. The zero-order valence-electron chi connectivity index (χ0n) is 27.3. The summed E-state index contributed by atoms with van der Waals surface area (Å²) in [5.41, 5.74) is 10.5. The molecule has 0 saturated carbocycles. The summed E-state index contributed by atoms with van der Waals surface area (Å²) in [5, 5.41) is 36.4. The number of nitrogens with zero attached hydrogens (tertiary/aromatic N) is 4.